The summed E-state index contributed by atoms with van der Waals surface area (Å²) in [5.74, 6) is 0.612. The topological polar surface area (TPSA) is 51.7 Å². The van der Waals surface area contributed by atoms with Crippen molar-refractivity contribution in [3.05, 3.63) is 23.9 Å². The van der Waals surface area contributed by atoms with Gasteiger partial charge in [-0.3, -0.25) is 0 Å². The van der Waals surface area contributed by atoms with Crippen molar-refractivity contribution in [2.75, 3.05) is 13.1 Å². The van der Waals surface area contributed by atoms with E-state index in [2.05, 4.69) is 4.98 Å². The van der Waals surface area contributed by atoms with Crippen molar-refractivity contribution in [1.29, 1.82) is 0 Å². The van der Waals surface area contributed by atoms with Crippen molar-refractivity contribution < 1.29 is 14.3 Å². The molecule has 1 aromatic rings. The van der Waals surface area contributed by atoms with Crippen LogP contribution in [0.4, 0.5) is 4.79 Å². The van der Waals surface area contributed by atoms with Gasteiger partial charge in [-0.05, 0) is 39.3 Å². The van der Waals surface area contributed by atoms with Crippen molar-refractivity contribution in [3.8, 4) is 5.88 Å². The largest absolute Gasteiger partial charge is 0.472 e. The quantitative estimate of drug-likeness (QED) is 0.834. The predicted molar refractivity (Wildman–Crippen MR) is 75.8 cm³/mol. The molecule has 2 rings (SSSR count). The standard InChI is InChI=1S/C15H22N2O3/c1-11-5-7-16-13(9-11)19-12-6-8-17(10-12)14(18)20-15(2,3)4/h5,7,9,12H,6,8,10H2,1-4H3/t12-/m0/s1. The highest BCUT2D eigenvalue weighted by Crippen LogP contribution is 2.19. The number of hydrogen-bond acceptors (Lipinski definition) is 4. The third kappa shape index (κ3) is 4.11. The van der Waals surface area contributed by atoms with Crippen molar-refractivity contribution in [3.63, 3.8) is 0 Å². The third-order valence-electron chi connectivity index (χ3n) is 2.97. The Morgan fingerprint density at radius 2 is 2.20 bits per heavy atom. The lowest BCUT2D eigenvalue weighted by Crippen LogP contribution is -2.36. The first-order valence-corrected chi connectivity index (χ1v) is 6.91. The molecule has 1 atom stereocenters. The summed E-state index contributed by atoms with van der Waals surface area (Å²) in [6.45, 7) is 8.80. The van der Waals surface area contributed by atoms with Gasteiger partial charge in [-0.25, -0.2) is 9.78 Å². The molecule has 1 aliphatic heterocycles. The van der Waals surface area contributed by atoms with E-state index in [-0.39, 0.29) is 12.2 Å². The van der Waals surface area contributed by atoms with Crippen molar-refractivity contribution in [2.45, 2.75) is 45.8 Å². The Labute approximate surface area is 119 Å². The number of pyridine rings is 1. The zero-order valence-electron chi connectivity index (χ0n) is 12.5. The number of nitrogens with zero attached hydrogens (tertiary/aromatic N) is 2. The van der Waals surface area contributed by atoms with Gasteiger partial charge in [0, 0.05) is 25.2 Å². The Kier molecular flexibility index (Phi) is 4.16. The van der Waals surface area contributed by atoms with E-state index in [1.165, 1.54) is 0 Å². The Morgan fingerprint density at radius 3 is 2.85 bits per heavy atom. The molecule has 0 spiro atoms. The Morgan fingerprint density at radius 1 is 1.45 bits per heavy atom. The molecule has 5 heteroatoms. The summed E-state index contributed by atoms with van der Waals surface area (Å²) >= 11 is 0. The highest BCUT2D eigenvalue weighted by atomic mass is 16.6. The number of ether oxygens (including phenoxy) is 2. The summed E-state index contributed by atoms with van der Waals surface area (Å²) in [7, 11) is 0. The first kappa shape index (κ1) is 14.6. The van der Waals surface area contributed by atoms with E-state index < -0.39 is 5.60 Å². The molecular weight excluding hydrogens is 256 g/mol. The van der Waals surface area contributed by atoms with Crippen molar-refractivity contribution >= 4 is 6.09 Å². The first-order valence-electron chi connectivity index (χ1n) is 6.91. The normalized spacial score (nSPS) is 19.0. The van der Waals surface area contributed by atoms with E-state index in [9.17, 15) is 4.79 Å². The van der Waals surface area contributed by atoms with E-state index in [1.807, 2.05) is 39.8 Å². The molecule has 0 unspecified atom stereocenters. The SMILES string of the molecule is Cc1ccnc(O[C@H]2CCN(C(=O)OC(C)(C)C)C2)c1. The number of aryl methyl sites for hydroxylation is 1. The van der Waals surface area contributed by atoms with Gasteiger partial charge < -0.3 is 14.4 Å². The van der Waals surface area contributed by atoms with E-state index >= 15 is 0 Å². The van der Waals surface area contributed by atoms with Gasteiger partial charge in [0.2, 0.25) is 5.88 Å². The second-order valence-electron chi connectivity index (χ2n) is 6.13. The summed E-state index contributed by atoms with van der Waals surface area (Å²) in [5.41, 5.74) is 0.644. The summed E-state index contributed by atoms with van der Waals surface area (Å²) in [4.78, 5) is 17.8. The van der Waals surface area contributed by atoms with Gasteiger partial charge in [0.1, 0.15) is 11.7 Å². The van der Waals surface area contributed by atoms with Crippen LogP contribution < -0.4 is 4.74 Å². The number of aromatic nitrogens is 1. The van der Waals surface area contributed by atoms with E-state index in [1.54, 1.807) is 11.1 Å². The summed E-state index contributed by atoms with van der Waals surface area (Å²) in [6.07, 6.45) is 2.23. The van der Waals surface area contributed by atoms with E-state index in [0.717, 1.165) is 12.0 Å². The van der Waals surface area contributed by atoms with Gasteiger partial charge in [-0.1, -0.05) is 0 Å². The van der Waals surface area contributed by atoms with E-state index in [4.69, 9.17) is 9.47 Å². The molecular formula is C15H22N2O3. The van der Waals surface area contributed by atoms with Gasteiger partial charge in [-0.2, -0.15) is 0 Å². The number of likely N-dealkylation sites (tertiary alicyclic amines) is 1. The molecule has 0 bridgehead atoms. The number of rotatable bonds is 2. The van der Waals surface area contributed by atoms with Crippen LogP contribution in [0.3, 0.4) is 0 Å². The zero-order valence-corrected chi connectivity index (χ0v) is 12.5. The van der Waals surface area contributed by atoms with Crippen molar-refractivity contribution in [2.24, 2.45) is 0 Å². The number of carbonyl (C=O) groups is 1. The van der Waals surface area contributed by atoms with Crippen LogP contribution in [-0.2, 0) is 4.74 Å². The van der Waals surface area contributed by atoms with Gasteiger partial charge in [0.05, 0.1) is 6.54 Å². The molecule has 20 heavy (non-hydrogen) atoms. The van der Waals surface area contributed by atoms with Crippen molar-refractivity contribution in [1.82, 2.24) is 9.88 Å². The second kappa shape index (κ2) is 5.69. The van der Waals surface area contributed by atoms with Gasteiger partial charge in [0.15, 0.2) is 0 Å². The van der Waals surface area contributed by atoms with Crippen LogP contribution in [0.1, 0.15) is 32.8 Å². The van der Waals surface area contributed by atoms with Crippen LogP contribution in [-0.4, -0.2) is 40.8 Å². The Balaban J connectivity index is 1.88. The maximum Gasteiger partial charge on any atom is 0.410 e. The highest BCUT2D eigenvalue weighted by Gasteiger charge is 2.30. The monoisotopic (exact) mass is 278 g/mol. The molecule has 0 aromatic carbocycles. The molecule has 1 fully saturated rings. The van der Waals surface area contributed by atoms with Crippen LogP contribution in [0.25, 0.3) is 0 Å². The molecule has 2 heterocycles. The lowest BCUT2D eigenvalue weighted by molar-refractivity contribution is 0.0275. The molecule has 1 aromatic heterocycles. The smallest absolute Gasteiger partial charge is 0.410 e. The fraction of sp³-hybridized carbons (Fsp3) is 0.600. The van der Waals surface area contributed by atoms with Crippen LogP contribution >= 0.6 is 0 Å². The highest BCUT2D eigenvalue weighted by molar-refractivity contribution is 5.68. The number of amides is 1. The van der Waals surface area contributed by atoms with Gasteiger partial charge in [-0.15, -0.1) is 0 Å². The van der Waals surface area contributed by atoms with Gasteiger partial charge in [0.25, 0.3) is 0 Å². The molecule has 1 aliphatic rings. The van der Waals surface area contributed by atoms with E-state index in [0.29, 0.717) is 19.0 Å². The summed E-state index contributed by atoms with van der Waals surface area (Å²) in [6, 6.07) is 3.82. The maximum atomic E-state index is 11.9. The molecule has 5 nitrogen and oxygen atoms in total. The molecule has 1 amide bonds. The summed E-state index contributed by atoms with van der Waals surface area (Å²) in [5, 5.41) is 0. The lowest BCUT2D eigenvalue weighted by Gasteiger charge is -2.24. The van der Waals surface area contributed by atoms with Crippen LogP contribution in [0.5, 0.6) is 5.88 Å². The Hall–Kier alpha value is -1.78. The molecule has 0 N–H and O–H groups in total. The van der Waals surface area contributed by atoms with Crippen LogP contribution in [0.2, 0.25) is 0 Å². The lowest BCUT2D eigenvalue weighted by atomic mass is 10.2. The minimum Gasteiger partial charge on any atom is -0.472 e. The second-order valence-corrected chi connectivity index (χ2v) is 6.13. The van der Waals surface area contributed by atoms with Crippen LogP contribution in [0.15, 0.2) is 18.3 Å². The zero-order chi connectivity index (χ0) is 14.8. The Bertz CT molecular complexity index is 482. The number of hydrogen-bond donors (Lipinski definition) is 0. The average molecular weight is 278 g/mol. The predicted octanol–water partition coefficient (Wildman–Crippen LogP) is 2.78. The maximum absolute atomic E-state index is 11.9. The fourth-order valence-corrected chi connectivity index (χ4v) is 2.06. The molecule has 0 aliphatic carbocycles. The average Bonchev–Trinajstić information content (AvgIpc) is 2.75. The van der Waals surface area contributed by atoms with Crippen LogP contribution in [0, 0.1) is 6.92 Å². The number of carbonyl (C=O) groups excluding carboxylic acids is 1. The minimum absolute atomic E-state index is 0.0168. The fourth-order valence-electron chi connectivity index (χ4n) is 2.06. The molecule has 110 valence electrons. The first-order chi connectivity index (χ1) is 9.33. The molecule has 0 saturated carbocycles. The van der Waals surface area contributed by atoms with Gasteiger partial charge >= 0.3 is 6.09 Å². The third-order valence-corrected chi connectivity index (χ3v) is 2.97. The summed E-state index contributed by atoms with van der Waals surface area (Å²) < 4.78 is 11.2. The molecule has 0 radical (unpaired) electrons. The minimum atomic E-state index is -0.464. The molecule has 1 saturated heterocycles.